The van der Waals surface area contributed by atoms with E-state index in [1.54, 1.807) is 19.1 Å². The standard InChI is InChI=1S/C11H7BrFNO3/c1-5-2-6(10(13)7(12)3-5)9-4-8(11(15)16)14-17-9/h2-4H,1H3,(H,15,16). The first kappa shape index (κ1) is 11.8. The Morgan fingerprint density at radius 3 is 2.76 bits per heavy atom. The highest BCUT2D eigenvalue weighted by atomic mass is 79.9. The number of hydrogen-bond acceptors (Lipinski definition) is 3. The number of rotatable bonds is 2. The molecule has 2 rings (SSSR count). The second kappa shape index (κ2) is 4.29. The molecule has 0 atom stereocenters. The zero-order chi connectivity index (χ0) is 12.6. The number of carboxylic acids is 1. The third-order valence-corrected chi connectivity index (χ3v) is 2.74. The first-order chi connectivity index (χ1) is 7.99. The molecule has 0 radical (unpaired) electrons. The van der Waals surface area contributed by atoms with Crippen molar-refractivity contribution in [2.75, 3.05) is 0 Å². The van der Waals surface area contributed by atoms with Crippen LogP contribution in [0.5, 0.6) is 0 Å². The van der Waals surface area contributed by atoms with Gasteiger partial charge in [-0.15, -0.1) is 0 Å². The maximum Gasteiger partial charge on any atom is 0.358 e. The maximum absolute atomic E-state index is 13.8. The third kappa shape index (κ3) is 2.21. The van der Waals surface area contributed by atoms with Crippen molar-refractivity contribution >= 4 is 21.9 Å². The summed E-state index contributed by atoms with van der Waals surface area (Å²) < 4.78 is 18.9. The number of nitrogens with zero attached hydrogens (tertiary/aromatic N) is 1. The molecule has 17 heavy (non-hydrogen) atoms. The molecule has 2 aromatic rings. The molecule has 0 saturated heterocycles. The summed E-state index contributed by atoms with van der Waals surface area (Å²) in [6.45, 7) is 1.79. The molecule has 0 unspecified atom stereocenters. The Morgan fingerprint density at radius 1 is 1.47 bits per heavy atom. The van der Waals surface area contributed by atoms with Crippen molar-refractivity contribution in [3.8, 4) is 11.3 Å². The monoisotopic (exact) mass is 299 g/mol. The van der Waals surface area contributed by atoms with E-state index >= 15 is 0 Å². The van der Waals surface area contributed by atoms with Gasteiger partial charge in [-0.25, -0.2) is 9.18 Å². The predicted octanol–water partition coefficient (Wildman–Crippen LogP) is 3.25. The molecule has 1 N–H and O–H groups in total. The third-order valence-electron chi connectivity index (χ3n) is 2.17. The first-order valence-corrected chi connectivity index (χ1v) is 5.44. The van der Waals surface area contributed by atoms with Gasteiger partial charge in [0.05, 0.1) is 10.0 Å². The van der Waals surface area contributed by atoms with E-state index in [4.69, 9.17) is 9.63 Å². The SMILES string of the molecule is Cc1cc(Br)c(F)c(-c2cc(C(=O)O)no2)c1. The zero-order valence-electron chi connectivity index (χ0n) is 8.70. The van der Waals surface area contributed by atoms with Gasteiger partial charge in [-0.2, -0.15) is 0 Å². The number of aromatic nitrogens is 1. The van der Waals surface area contributed by atoms with E-state index in [2.05, 4.69) is 21.1 Å². The average molecular weight is 300 g/mol. The Bertz CT molecular complexity index is 594. The van der Waals surface area contributed by atoms with Crippen LogP contribution in [0, 0.1) is 12.7 Å². The molecule has 0 bridgehead atoms. The normalized spacial score (nSPS) is 10.5. The molecule has 1 aromatic heterocycles. The van der Waals surface area contributed by atoms with Crippen molar-refractivity contribution in [3.05, 3.63) is 39.7 Å². The van der Waals surface area contributed by atoms with Crippen LogP contribution in [0.4, 0.5) is 4.39 Å². The van der Waals surface area contributed by atoms with Crippen molar-refractivity contribution in [2.24, 2.45) is 0 Å². The van der Waals surface area contributed by atoms with Gasteiger partial charge < -0.3 is 9.63 Å². The molecule has 0 spiro atoms. The molecule has 0 aliphatic carbocycles. The average Bonchev–Trinajstić information content (AvgIpc) is 2.72. The van der Waals surface area contributed by atoms with Crippen LogP contribution >= 0.6 is 15.9 Å². The fourth-order valence-corrected chi connectivity index (χ4v) is 1.98. The van der Waals surface area contributed by atoms with Crippen LogP contribution in [0.15, 0.2) is 27.2 Å². The van der Waals surface area contributed by atoms with Crippen LogP contribution < -0.4 is 0 Å². The lowest BCUT2D eigenvalue weighted by Crippen LogP contribution is -1.94. The molecule has 0 aliphatic rings. The van der Waals surface area contributed by atoms with Gasteiger partial charge in [0.15, 0.2) is 11.5 Å². The first-order valence-electron chi connectivity index (χ1n) is 4.65. The highest BCUT2D eigenvalue weighted by molar-refractivity contribution is 9.10. The second-order valence-electron chi connectivity index (χ2n) is 3.49. The summed E-state index contributed by atoms with van der Waals surface area (Å²) in [7, 11) is 0. The van der Waals surface area contributed by atoms with Crippen molar-refractivity contribution in [2.45, 2.75) is 6.92 Å². The number of aromatic carboxylic acids is 1. The molecule has 4 nitrogen and oxygen atoms in total. The summed E-state index contributed by atoms with van der Waals surface area (Å²) in [6.07, 6.45) is 0. The minimum absolute atomic E-state index is 0.0873. The number of halogens is 2. The number of carboxylic acid groups (broad SMARTS) is 1. The summed E-state index contributed by atoms with van der Waals surface area (Å²) >= 11 is 3.08. The topological polar surface area (TPSA) is 63.3 Å². The molecule has 6 heteroatoms. The van der Waals surface area contributed by atoms with Crippen molar-refractivity contribution < 1.29 is 18.8 Å². The van der Waals surface area contributed by atoms with Crippen molar-refractivity contribution in [3.63, 3.8) is 0 Å². The number of benzene rings is 1. The van der Waals surface area contributed by atoms with Crippen LogP contribution in [-0.2, 0) is 0 Å². The summed E-state index contributed by atoms with van der Waals surface area (Å²) in [4.78, 5) is 10.6. The largest absolute Gasteiger partial charge is 0.476 e. The Morgan fingerprint density at radius 2 is 2.18 bits per heavy atom. The van der Waals surface area contributed by atoms with Gasteiger partial charge in [0.25, 0.3) is 0 Å². The van der Waals surface area contributed by atoms with E-state index in [0.29, 0.717) is 4.47 Å². The number of hydrogen-bond donors (Lipinski definition) is 1. The number of aryl methyl sites for hydroxylation is 1. The van der Waals surface area contributed by atoms with Gasteiger partial charge in [0, 0.05) is 6.07 Å². The Balaban J connectivity index is 2.56. The molecule has 88 valence electrons. The number of carbonyl (C=O) groups is 1. The van der Waals surface area contributed by atoms with Crippen molar-refractivity contribution in [1.82, 2.24) is 5.16 Å². The fourth-order valence-electron chi connectivity index (χ4n) is 1.41. The molecular weight excluding hydrogens is 293 g/mol. The van der Waals surface area contributed by atoms with Crippen LogP contribution in [0.25, 0.3) is 11.3 Å². The van der Waals surface area contributed by atoms with Gasteiger partial charge >= 0.3 is 5.97 Å². The maximum atomic E-state index is 13.8. The quantitative estimate of drug-likeness (QED) is 0.924. The molecule has 1 heterocycles. The summed E-state index contributed by atoms with van der Waals surface area (Å²) in [5.41, 5.74) is 0.746. The fraction of sp³-hybridized carbons (Fsp3) is 0.0909. The smallest absolute Gasteiger partial charge is 0.358 e. The summed E-state index contributed by atoms with van der Waals surface area (Å²) in [6, 6.07) is 4.37. The summed E-state index contributed by atoms with van der Waals surface area (Å²) in [5, 5.41) is 12.0. The zero-order valence-corrected chi connectivity index (χ0v) is 10.3. The van der Waals surface area contributed by atoms with Gasteiger partial charge in [0.2, 0.25) is 0 Å². The Kier molecular flexibility index (Phi) is 2.97. The molecule has 0 saturated carbocycles. The van der Waals surface area contributed by atoms with E-state index in [1.165, 1.54) is 6.07 Å². The minimum atomic E-state index is -1.22. The van der Waals surface area contributed by atoms with Gasteiger partial charge in [-0.3, -0.25) is 0 Å². The van der Waals surface area contributed by atoms with E-state index in [1.807, 2.05) is 0 Å². The lowest BCUT2D eigenvalue weighted by atomic mass is 10.1. The Labute approximate surface area is 104 Å². The highest BCUT2D eigenvalue weighted by Crippen LogP contribution is 2.29. The van der Waals surface area contributed by atoms with E-state index in [9.17, 15) is 9.18 Å². The molecule has 0 aliphatic heterocycles. The van der Waals surface area contributed by atoms with Gasteiger partial charge in [-0.05, 0) is 40.5 Å². The van der Waals surface area contributed by atoms with E-state index < -0.39 is 11.8 Å². The van der Waals surface area contributed by atoms with E-state index in [0.717, 1.165) is 5.56 Å². The molecule has 1 aromatic carbocycles. The van der Waals surface area contributed by atoms with Crippen LogP contribution in [0.2, 0.25) is 0 Å². The van der Waals surface area contributed by atoms with Crippen LogP contribution in [0.3, 0.4) is 0 Å². The highest BCUT2D eigenvalue weighted by Gasteiger charge is 2.17. The molecular formula is C11H7BrFNO3. The Hall–Kier alpha value is -1.69. The second-order valence-corrected chi connectivity index (χ2v) is 4.34. The van der Waals surface area contributed by atoms with Gasteiger partial charge in [-0.1, -0.05) is 5.16 Å². The minimum Gasteiger partial charge on any atom is -0.476 e. The van der Waals surface area contributed by atoms with Crippen molar-refractivity contribution in [1.29, 1.82) is 0 Å². The molecule has 0 fully saturated rings. The predicted molar refractivity (Wildman–Crippen MR) is 61.3 cm³/mol. The van der Waals surface area contributed by atoms with E-state index in [-0.39, 0.29) is 17.0 Å². The lowest BCUT2D eigenvalue weighted by Gasteiger charge is -2.02. The lowest BCUT2D eigenvalue weighted by molar-refractivity contribution is 0.0686. The van der Waals surface area contributed by atoms with Gasteiger partial charge in [0.1, 0.15) is 5.82 Å². The van der Waals surface area contributed by atoms with Crippen LogP contribution in [-0.4, -0.2) is 16.2 Å². The molecule has 0 amide bonds. The summed E-state index contributed by atoms with van der Waals surface area (Å²) in [5.74, 6) is -1.64. The van der Waals surface area contributed by atoms with Crippen LogP contribution in [0.1, 0.15) is 16.1 Å².